The Labute approximate surface area is 115 Å². The van der Waals surface area contributed by atoms with E-state index in [2.05, 4.69) is 47.7 Å². The van der Waals surface area contributed by atoms with Crippen LogP contribution >= 0.6 is 22.6 Å². The van der Waals surface area contributed by atoms with E-state index in [0.717, 1.165) is 33.7 Å². The van der Waals surface area contributed by atoms with Crippen LogP contribution in [-0.2, 0) is 4.74 Å². The Morgan fingerprint density at radius 2 is 2.06 bits per heavy atom. The molecule has 0 fully saturated rings. The van der Waals surface area contributed by atoms with Crippen LogP contribution in [-0.4, -0.2) is 7.11 Å². The van der Waals surface area contributed by atoms with Gasteiger partial charge in [-0.1, -0.05) is 13.0 Å². The fourth-order valence-corrected chi connectivity index (χ4v) is 2.40. The number of hydrogen-bond donors (Lipinski definition) is 0. The van der Waals surface area contributed by atoms with E-state index < -0.39 is 0 Å². The van der Waals surface area contributed by atoms with Crippen molar-refractivity contribution in [3.05, 3.63) is 38.9 Å². The number of methoxy groups -OCH3 is 1. The number of rotatable bonds is 3. The molecule has 0 aromatic heterocycles. The van der Waals surface area contributed by atoms with Gasteiger partial charge >= 0.3 is 0 Å². The molecule has 0 aliphatic carbocycles. The predicted molar refractivity (Wildman–Crippen MR) is 79.0 cm³/mol. The minimum absolute atomic E-state index is 0.876. The Bertz CT molecular complexity index is 475. The van der Waals surface area contributed by atoms with Crippen molar-refractivity contribution < 1.29 is 9.47 Å². The van der Waals surface area contributed by atoms with E-state index in [1.165, 1.54) is 5.56 Å². The van der Waals surface area contributed by atoms with Gasteiger partial charge in [-0.25, -0.2) is 0 Å². The highest BCUT2D eigenvalue weighted by atomic mass is 127. The summed E-state index contributed by atoms with van der Waals surface area (Å²) in [5.41, 5.74) is 2.32. The van der Waals surface area contributed by atoms with Gasteiger partial charge in [0.1, 0.15) is 11.5 Å². The van der Waals surface area contributed by atoms with Crippen molar-refractivity contribution >= 4 is 34.7 Å². The lowest BCUT2D eigenvalue weighted by Gasteiger charge is -2.06. The number of fused-ring (bicyclic) bond motifs is 1. The molecular formula is C14H15IO2. The highest BCUT2D eigenvalue weighted by Crippen LogP contribution is 2.30. The van der Waals surface area contributed by atoms with Crippen LogP contribution in [0.3, 0.4) is 0 Å². The van der Waals surface area contributed by atoms with E-state index >= 15 is 0 Å². The summed E-state index contributed by atoms with van der Waals surface area (Å²) < 4.78 is 11.9. The monoisotopic (exact) mass is 342 g/mol. The van der Waals surface area contributed by atoms with E-state index in [4.69, 9.17) is 9.47 Å². The van der Waals surface area contributed by atoms with Crippen LogP contribution in [0, 0.1) is 0 Å². The van der Waals surface area contributed by atoms with Gasteiger partial charge in [-0.3, -0.25) is 0 Å². The van der Waals surface area contributed by atoms with E-state index in [1.807, 2.05) is 12.1 Å². The molecule has 1 heterocycles. The SMILES string of the molecule is CCCC1=Cc2cc(OC)ccc2C=C(I)O1. The number of halogens is 1. The molecule has 1 aromatic rings. The third-order valence-electron chi connectivity index (χ3n) is 2.60. The lowest BCUT2D eigenvalue weighted by Crippen LogP contribution is -1.87. The fourth-order valence-electron chi connectivity index (χ4n) is 1.79. The topological polar surface area (TPSA) is 18.5 Å². The molecule has 0 saturated heterocycles. The van der Waals surface area contributed by atoms with Gasteiger partial charge in [0.25, 0.3) is 0 Å². The largest absolute Gasteiger partial charge is 0.497 e. The average molecular weight is 342 g/mol. The minimum atomic E-state index is 0.876. The zero-order valence-corrected chi connectivity index (χ0v) is 12.2. The highest BCUT2D eigenvalue weighted by Gasteiger charge is 2.10. The maximum atomic E-state index is 5.78. The van der Waals surface area contributed by atoms with E-state index in [1.54, 1.807) is 7.11 Å². The first-order valence-corrected chi connectivity index (χ1v) is 6.74. The normalized spacial score (nSPS) is 14.1. The summed E-state index contributed by atoms with van der Waals surface area (Å²) in [7, 11) is 1.69. The second-order valence-electron chi connectivity index (χ2n) is 3.91. The van der Waals surface area contributed by atoms with Gasteiger partial charge < -0.3 is 9.47 Å². The quantitative estimate of drug-likeness (QED) is 0.748. The van der Waals surface area contributed by atoms with E-state index in [-0.39, 0.29) is 0 Å². The van der Waals surface area contributed by atoms with Crippen molar-refractivity contribution in [1.29, 1.82) is 0 Å². The minimum Gasteiger partial charge on any atom is -0.497 e. The van der Waals surface area contributed by atoms with Crippen LogP contribution in [0.2, 0.25) is 0 Å². The molecule has 0 unspecified atom stereocenters. The summed E-state index contributed by atoms with van der Waals surface area (Å²) in [6.07, 6.45) is 6.18. The Kier molecular flexibility index (Phi) is 4.10. The molecular weight excluding hydrogens is 327 g/mol. The third-order valence-corrected chi connectivity index (χ3v) is 3.14. The van der Waals surface area contributed by atoms with Gasteiger partial charge in [-0.2, -0.15) is 0 Å². The van der Waals surface area contributed by atoms with E-state index in [9.17, 15) is 0 Å². The molecule has 1 aliphatic heterocycles. The summed E-state index contributed by atoms with van der Waals surface area (Å²) in [6.45, 7) is 2.15. The standard InChI is InChI=1S/C14H15IO2/c1-3-4-13-8-11-7-12(16-2)6-5-10(11)9-14(15)17-13/h5-9H,3-4H2,1-2H3. The first kappa shape index (κ1) is 12.5. The fraction of sp³-hybridized carbons (Fsp3) is 0.286. The van der Waals surface area contributed by atoms with Gasteiger partial charge in [0, 0.05) is 6.42 Å². The molecule has 0 amide bonds. The molecule has 0 N–H and O–H groups in total. The van der Waals surface area contributed by atoms with Crippen LogP contribution < -0.4 is 4.74 Å². The molecule has 0 atom stereocenters. The van der Waals surface area contributed by atoms with Crippen LogP contribution in [0.25, 0.3) is 12.2 Å². The number of ether oxygens (including phenoxy) is 2. The van der Waals surface area contributed by atoms with Gasteiger partial charge in [0.15, 0.2) is 3.77 Å². The first-order valence-electron chi connectivity index (χ1n) is 5.66. The summed E-state index contributed by atoms with van der Waals surface area (Å²) in [5, 5.41) is 0. The third kappa shape index (κ3) is 3.03. The van der Waals surface area contributed by atoms with Crippen molar-refractivity contribution in [2.24, 2.45) is 0 Å². The average Bonchev–Trinajstić information content (AvgIpc) is 2.46. The van der Waals surface area contributed by atoms with E-state index in [0.29, 0.717) is 0 Å². The van der Waals surface area contributed by atoms with Gasteiger partial charge in [0.05, 0.1) is 7.11 Å². The lowest BCUT2D eigenvalue weighted by atomic mass is 10.1. The number of allylic oxidation sites excluding steroid dienone is 1. The van der Waals surface area contributed by atoms with Crippen LogP contribution in [0.15, 0.2) is 27.7 Å². The van der Waals surface area contributed by atoms with Crippen molar-refractivity contribution in [1.82, 2.24) is 0 Å². The summed E-state index contributed by atoms with van der Waals surface area (Å²) in [4.78, 5) is 0. The second-order valence-corrected chi connectivity index (χ2v) is 4.97. The molecule has 0 radical (unpaired) electrons. The van der Waals surface area contributed by atoms with Crippen molar-refractivity contribution in [3.63, 3.8) is 0 Å². The van der Waals surface area contributed by atoms with Gasteiger partial charge in [-0.15, -0.1) is 0 Å². The summed E-state index contributed by atoms with van der Waals surface area (Å²) in [5.74, 6) is 1.89. The van der Waals surface area contributed by atoms with Crippen molar-refractivity contribution in [2.75, 3.05) is 7.11 Å². The zero-order chi connectivity index (χ0) is 12.3. The Morgan fingerprint density at radius 1 is 1.24 bits per heavy atom. The molecule has 0 saturated carbocycles. The molecule has 3 heteroatoms. The maximum absolute atomic E-state index is 5.78. The van der Waals surface area contributed by atoms with Crippen LogP contribution in [0.1, 0.15) is 30.9 Å². The smallest absolute Gasteiger partial charge is 0.164 e. The molecule has 2 rings (SSSR count). The van der Waals surface area contributed by atoms with Crippen LogP contribution in [0.4, 0.5) is 0 Å². The van der Waals surface area contributed by atoms with Gasteiger partial charge in [0.2, 0.25) is 0 Å². The molecule has 0 bridgehead atoms. The lowest BCUT2D eigenvalue weighted by molar-refractivity contribution is 0.335. The number of benzene rings is 1. The molecule has 0 spiro atoms. The first-order chi connectivity index (χ1) is 8.22. The Morgan fingerprint density at radius 3 is 2.76 bits per heavy atom. The second kappa shape index (κ2) is 5.58. The Balaban J connectivity index is 2.46. The molecule has 17 heavy (non-hydrogen) atoms. The molecule has 1 aliphatic rings. The molecule has 1 aromatic carbocycles. The Hall–Kier alpha value is -0.970. The van der Waals surface area contributed by atoms with Crippen molar-refractivity contribution in [2.45, 2.75) is 19.8 Å². The summed E-state index contributed by atoms with van der Waals surface area (Å²) in [6, 6.07) is 6.07. The molecule has 90 valence electrons. The maximum Gasteiger partial charge on any atom is 0.164 e. The molecule has 2 nitrogen and oxygen atoms in total. The van der Waals surface area contributed by atoms with Gasteiger partial charge in [-0.05, 0) is 64.4 Å². The van der Waals surface area contributed by atoms with Crippen molar-refractivity contribution in [3.8, 4) is 5.75 Å². The zero-order valence-electron chi connectivity index (χ0n) is 10.00. The highest BCUT2D eigenvalue weighted by molar-refractivity contribution is 14.1. The number of hydrogen-bond acceptors (Lipinski definition) is 2. The van der Waals surface area contributed by atoms with Crippen LogP contribution in [0.5, 0.6) is 5.75 Å². The summed E-state index contributed by atoms with van der Waals surface area (Å²) >= 11 is 2.22. The predicted octanol–water partition coefficient (Wildman–Crippen LogP) is 4.60.